The van der Waals surface area contributed by atoms with Gasteiger partial charge in [-0.2, -0.15) is 0 Å². The van der Waals surface area contributed by atoms with E-state index in [1.807, 2.05) is 60.7 Å². The first-order valence-electron chi connectivity index (χ1n) is 14.4. The van der Waals surface area contributed by atoms with Gasteiger partial charge in [-0.05, 0) is 109 Å². The van der Waals surface area contributed by atoms with Gasteiger partial charge in [0.05, 0.1) is 23.2 Å². The van der Waals surface area contributed by atoms with Crippen LogP contribution >= 0.6 is 0 Å². The average Bonchev–Trinajstić information content (AvgIpc) is 2.94. The van der Waals surface area contributed by atoms with Gasteiger partial charge in [0.25, 0.3) is 0 Å². The van der Waals surface area contributed by atoms with Gasteiger partial charge < -0.3 is 0 Å². The highest BCUT2D eigenvalue weighted by molar-refractivity contribution is 5.91. The van der Waals surface area contributed by atoms with Crippen molar-refractivity contribution < 1.29 is 13.6 Å². The molecule has 2 aromatic carbocycles. The fraction of sp³-hybridized carbons (Fsp3) is 0.343. The normalized spacial score (nSPS) is 18.6. The minimum absolute atomic E-state index is 0.124. The summed E-state index contributed by atoms with van der Waals surface area (Å²) in [7, 11) is 0. The van der Waals surface area contributed by atoms with Crippen molar-refractivity contribution >= 4 is 5.78 Å². The minimum Gasteiger partial charge on any atom is -0.298 e. The summed E-state index contributed by atoms with van der Waals surface area (Å²) in [6.45, 7) is 0. The molecule has 2 unspecified atom stereocenters. The zero-order chi connectivity index (χ0) is 27.6. The summed E-state index contributed by atoms with van der Waals surface area (Å²) < 4.78 is 27.6. The second kappa shape index (κ2) is 11.0. The number of pyridine rings is 2. The molecule has 0 aliphatic heterocycles. The lowest BCUT2D eigenvalue weighted by Gasteiger charge is -2.46. The van der Waals surface area contributed by atoms with Crippen molar-refractivity contribution in [3.63, 3.8) is 0 Å². The lowest BCUT2D eigenvalue weighted by molar-refractivity contribution is -0.123. The van der Waals surface area contributed by atoms with E-state index in [2.05, 4.69) is 9.97 Å². The molecule has 0 bridgehead atoms. The number of Topliss-reactive ketones (excluding diaryl/α,β-unsaturated/α-hetero) is 1. The van der Waals surface area contributed by atoms with Crippen LogP contribution in [0.1, 0.15) is 85.7 Å². The first-order chi connectivity index (χ1) is 19.5. The third-order valence-corrected chi connectivity index (χ3v) is 9.50. The predicted molar refractivity (Wildman–Crippen MR) is 152 cm³/mol. The lowest BCUT2D eigenvalue weighted by Crippen LogP contribution is -2.41. The number of halogens is 2. The van der Waals surface area contributed by atoms with Crippen LogP contribution in [-0.2, 0) is 15.6 Å². The van der Waals surface area contributed by atoms with Gasteiger partial charge in [-0.15, -0.1) is 0 Å². The lowest BCUT2D eigenvalue weighted by atomic mass is 9.57. The molecule has 2 saturated carbocycles. The number of aromatic nitrogens is 2. The number of carbonyl (C=O) groups excluding carboxylic acids is 1. The quantitative estimate of drug-likeness (QED) is 0.205. The molecule has 0 radical (unpaired) electrons. The number of hydrogen-bond donors (Lipinski definition) is 0. The Balaban J connectivity index is 1.39. The van der Waals surface area contributed by atoms with E-state index in [-0.39, 0.29) is 28.2 Å². The molecule has 0 spiro atoms. The molecule has 0 saturated heterocycles. The van der Waals surface area contributed by atoms with E-state index in [0.29, 0.717) is 12.8 Å². The highest BCUT2D eigenvalue weighted by Gasteiger charge is 2.47. The first-order valence-corrected chi connectivity index (χ1v) is 14.4. The summed E-state index contributed by atoms with van der Waals surface area (Å²) in [5.74, 6) is -1.23. The van der Waals surface area contributed by atoms with E-state index >= 15 is 0 Å². The number of hydrogen-bond acceptors (Lipinski definition) is 3. The van der Waals surface area contributed by atoms with Crippen LogP contribution in [0.15, 0.2) is 97.3 Å². The van der Waals surface area contributed by atoms with Crippen molar-refractivity contribution in [3.05, 3.63) is 131 Å². The van der Waals surface area contributed by atoms with Crippen molar-refractivity contribution in [1.82, 2.24) is 9.97 Å². The van der Waals surface area contributed by atoms with Gasteiger partial charge in [0.15, 0.2) is 5.78 Å². The van der Waals surface area contributed by atoms with E-state index in [9.17, 15) is 13.6 Å². The van der Waals surface area contributed by atoms with Crippen LogP contribution in [-0.4, -0.2) is 15.8 Å². The number of benzene rings is 2. The molecule has 0 amide bonds. The maximum absolute atomic E-state index is 14.9. The number of ketones is 1. The highest BCUT2D eigenvalue weighted by Crippen LogP contribution is 2.53. The Kier molecular flexibility index (Phi) is 7.31. The molecule has 5 heteroatoms. The van der Waals surface area contributed by atoms with Crippen LogP contribution in [0.4, 0.5) is 8.78 Å². The molecule has 204 valence electrons. The molecule has 2 heterocycles. The molecule has 2 aliphatic rings. The molecule has 2 aliphatic carbocycles. The van der Waals surface area contributed by atoms with Crippen molar-refractivity contribution in [2.45, 2.75) is 74.0 Å². The molecular formula is C35H34F2N2O. The van der Waals surface area contributed by atoms with Gasteiger partial charge in [-0.3, -0.25) is 14.8 Å². The Labute approximate surface area is 234 Å². The Bertz CT molecular complexity index is 1320. The van der Waals surface area contributed by atoms with Gasteiger partial charge in [0.1, 0.15) is 11.6 Å². The fourth-order valence-corrected chi connectivity index (χ4v) is 6.93. The van der Waals surface area contributed by atoms with Crippen LogP contribution in [0.3, 0.4) is 0 Å². The molecule has 40 heavy (non-hydrogen) atoms. The van der Waals surface area contributed by atoms with E-state index in [1.54, 1.807) is 12.4 Å². The van der Waals surface area contributed by atoms with Crippen molar-refractivity contribution in [2.24, 2.45) is 0 Å². The maximum Gasteiger partial charge on any atom is 0.150 e. The van der Waals surface area contributed by atoms with E-state index < -0.39 is 11.8 Å². The largest absolute Gasteiger partial charge is 0.298 e. The molecular weight excluding hydrogens is 502 g/mol. The molecule has 2 fully saturated rings. The Morgan fingerprint density at radius 1 is 0.625 bits per heavy atom. The SMILES string of the molecule is O=C(C(CC1(c2ccc(F)cc2)CCC1)c1ccccn1)C(CC1(c2ccc(F)cc2)CCC1)c1ccccn1. The summed E-state index contributed by atoms with van der Waals surface area (Å²) in [5, 5.41) is 0. The third-order valence-electron chi connectivity index (χ3n) is 9.50. The monoisotopic (exact) mass is 536 g/mol. The smallest absolute Gasteiger partial charge is 0.150 e. The second-order valence-corrected chi connectivity index (χ2v) is 11.7. The predicted octanol–water partition coefficient (Wildman–Crippen LogP) is 8.22. The van der Waals surface area contributed by atoms with Crippen molar-refractivity contribution in [2.75, 3.05) is 0 Å². The number of nitrogens with zero attached hydrogens (tertiary/aromatic N) is 2. The van der Waals surface area contributed by atoms with Gasteiger partial charge in [0.2, 0.25) is 0 Å². The van der Waals surface area contributed by atoms with Gasteiger partial charge >= 0.3 is 0 Å². The van der Waals surface area contributed by atoms with Crippen LogP contribution < -0.4 is 0 Å². The van der Waals surface area contributed by atoms with Crippen LogP contribution in [0.25, 0.3) is 0 Å². The van der Waals surface area contributed by atoms with E-state index in [1.165, 1.54) is 24.3 Å². The zero-order valence-electron chi connectivity index (χ0n) is 22.6. The first kappa shape index (κ1) is 26.5. The summed E-state index contributed by atoms with van der Waals surface area (Å²) in [6.07, 6.45) is 10.8. The van der Waals surface area contributed by atoms with Crippen LogP contribution in [0, 0.1) is 11.6 Å². The molecule has 2 atom stereocenters. The second-order valence-electron chi connectivity index (χ2n) is 11.7. The number of rotatable bonds is 10. The van der Waals surface area contributed by atoms with Gasteiger partial charge in [0, 0.05) is 12.4 Å². The summed E-state index contributed by atoms with van der Waals surface area (Å²) >= 11 is 0. The average molecular weight is 537 g/mol. The van der Waals surface area contributed by atoms with E-state index in [0.717, 1.165) is 61.0 Å². The molecule has 3 nitrogen and oxygen atoms in total. The van der Waals surface area contributed by atoms with Gasteiger partial charge in [-0.1, -0.05) is 49.2 Å². The number of carbonyl (C=O) groups is 1. The van der Waals surface area contributed by atoms with Crippen molar-refractivity contribution in [3.8, 4) is 0 Å². The topological polar surface area (TPSA) is 42.9 Å². The van der Waals surface area contributed by atoms with Crippen LogP contribution in [0.2, 0.25) is 0 Å². The molecule has 4 aromatic rings. The Hall–Kier alpha value is -3.73. The Morgan fingerprint density at radius 2 is 1.02 bits per heavy atom. The molecule has 6 rings (SSSR count). The summed E-state index contributed by atoms with van der Waals surface area (Å²) in [4.78, 5) is 24.2. The standard InChI is InChI=1S/C35H34F2N2O/c36-27-13-9-25(10-14-27)34(17-5-18-34)23-29(31-7-1-3-21-38-31)33(40)30(32-8-2-4-22-39-32)24-35(19-6-20-35)26-11-15-28(37)16-12-26/h1-4,7-16,21-22,29-30H,5-6,17-20,23-24H2. The van der Waals surface area contributed by atoms with Crippen LogP contribution in [0.5, 0.6) is 0 Å². The summed E-state index contributed by atoms with van der Waals surface area (Å²) in [6, 6.07) is 25.1. The molecule has 0 N–H and O–H groups in total. The van der Waals surface area contributed by atoms with Crippen molar-refractivity contribution in [1.29, 1.82) is 0 Å². The van der Waals surface area contributed by atoms with E-state index in [4.69, 9.17) is 0 Å². The Morgan fingerprint density at radius 3 is 1.32 bits per heavy atom. The molecule has 2 aromatic heterocycles. The zero-order valence-corrected chi connectivity index (χ0v) is 22.6. The maximum atomic E-state index is 14.9. The highest BCUT2D eigenvalue weighted by atomic mass is 19.1. The van der Waals surface area contributed by atoms with Gasteiger partial charge in [-0.25, -0.2) is 8.78 Å². The summed E-state index contributed by atoms with van der Waals surface area (Å²) in [5.41, 5.74) is 3.34. The third kappa shape index (κ3) is 5.10. The fourth-order valence-electron chi connectivity index (χ4n) is 6.93. The minimum atomic E-state index is -0.427.